The van der Waals surface area contributed by atoms with Crippen LogP contribution in [0.3, 0.4) is 0 Å². The van der Waals surface area contributed by atoms with Gasteiger partial charge in [0.1, 0.15) is 11.0 Å². The summed E-state index contributed by atoms with van der Waals surface area (Å²) in [5, 5.41) is 15.6. The quantitative estimate of drug-likeness (QED) is 0.699. The molecule has 9 heteroatoms. The van der Waals surface area contributed by atoms with E-state index in [9.17, 15) is 5.11 Å². The molecule has 0 saturated carbocycles. The highest BCUT2D eigenvalue weighted by atomic mass is 35.5. The van der Waals surface area contributed by atoms with E-state index >= 15 is 0 Å². The van der Waals surface area contributed by atoms with Gasteiger partial charge in [0.25, 0.3) is 0 Å². The van der Waals surface area contributed by atoms with Gasteiger partial charge in [0.05, 0.1) is 6.10 Å². The lowest BCUT2D eigenvalue weighted by molar-refractivity contribution is 0.208. The molecule has 2 aromatic rings. The molecule has 0 aromatic carbocycles. The average molecular weight is 331 g/mol. The third kappa shape index (κ3) is 4.03. The molecule has 0 aliphatic rings. The van der Waals surface area contributed by atoms with E-state index in [4.69, 9.17) is 23.2 Å². The highest BCUT2D eigenvalue weighted by Crippen LogP contribution is 2.26. The van der Waals surface area contributed by atoms with Gasteiger partial charge in [-0.1, -0.05) is 6.92 Å². The molecule has 0 amide bonds. The fourth-order valence-corrected chi connectivity index (χ4v) is 2.03. The molecule has 0 spiro atoms. The number of rotatable bonds is 6. The number of hydrogen-bond donors (Lipinski definition) is 3. The van der Waals surface area contributed by atoms with E-state index in [-0.39, 0.29) is 10.6 Å². The summed E-state index contributed by atoms with van der Waals surface area (Å²) in [5.41, 5.74) is 0.944. The van der Waals surface area contributed by atoms with Gasteiger partial charge in [-0.2, -0.15) is 9.97 Å². The minimum Gasteiger partial charge on any atom is -0.392 e. The zero-order valence-corrected chi connectivity index (χ0v) is 13.2. The molecule has 1 atom stereocenters. The maximum absolute atomic E-state index is 9.37. The molecule has 7 nitrogen and oxygen atoms in total. The first-order valence-electron chi connectivity index (χ1n) is 6.57. The molecule has 0 saturated heterocycles. The minimum atomic E-state index is -0.538. The second kappa shape index (κ2) is 7.02. The van der Waals surface area contributed by atoms with E-state index in [1.165, 1.54) is 0 Å². The summed E-state index contributed by atoms with van der Waals surface area (Å²) in [5.74, 6) is 0.922. The number of aliphatic hydroxyl groups excluding tert-OH is 1. The Kier molecular flexibility index (Phi) is 5.33. The molecule has 114 valence electrons. The Morgan fingerprint density at radius 2 is 1.52 bits per heavy atom. The lowest BCUT2D eigenvalue weighted by atomic mass is 10.3. The number of nitrogens with zero attached hydrogens (tertiary/aromatic N) is 4. The van der Waals surface area contributed by atoms with Gasteiger partial charge >= 0.3 is 0 Å². The highest BCUT2D eigenvalue weighted by molar-refractivity contribution is 6.30. The van der Waals surface area contributed by atoms with E-state index in [2.05, 4.69) is 30.6 Å². The Hall–Kier alpha value is -1.44. The van der Waals surface area contributed by atoms with Crippen molar-refractivity contribution in [2.24, 2.45) is 0 Å². The van der Waals surface area contributed by atoms with Crippen LogP contribution in [-0.2, 0) is 0 Å². The molecular formula is C12H16Cl2N6O. The highest BCUT2D eigenvalue weighted by Gasteiger charge is 2.15. The van der Waals surface area contributed by atoms with Crippen LogP contribution in [0.5, 0.6) is 0 Å². The number of nitrogens with one attached hydrogen (secondary N) is 2. The van der Waals surface area contributed by atoms with Crippen LogP contribution in [-0.4, -0.2) is 44.2 Å². The van der Waals surface area contributed by atoms with Crippen LogP contribution >= 0.6 is 23.2 Å². The SMILES string of the molecule is CCCNc1nc(Cl)nc2c(NCC(C)O)nc(Cl)nc12. The van der Waals surface area contributed by atoms with E-state index in [1.807, 2.05) is 6.92 Å². The van der Waals surface area contributed by atoms with Gasteiger partial charge in [0, 0.05) is 13.1 Å². The summed E-state index contributed by atoms with van der Waals surface area (Å²) >= 11 is 11.9. The van der Waals surface area contributed by atoms with Crippen LogP contribution < -0.4 is 10.6 Å². The van der Waals surface area contributed by atoms with Crippen molar-refractivity contribution in [3.63, 3.8) is 0 Å². The lowest BCUT2D eigenvalue weighted by Crippen LogP contribution is -2.17. The summed E-state index contributed by atoms with van der Waals surface area (Å²) in [4.78, 5) is 16.5. The smallest absolute Gasteiger partial charge is 0.225 e. The number of anilines is 2. The van der Waals surface area contributed by atoms with E-state index in [0.717, 1.165) is 13.0 Å². The largest absolute Gasteiger partial charge is 0.392 e. The van der Waals surface area contributed by atoms with Crippen LogP contribution in [0.1, 0.15) is 20.3 Å². The Morgan fingerprint density at radius 1 is 1.00 bits per heavy atom. The first kappa shape index (κ1) is 15.9. The zero-order chi connectivity index (χ0) is 15.4. The summed E-state index contributed by atoms with van der Waals surface area (Å²) in [6.07, 6.45) is 0.387. The Morgan fingerprint density at radius 3 is 2.00 bits per heavy atom. The molecule has 21 heavy (non-hydrogen) atoms. The maximum Gasteiger partial charge on any atom is 0.225 e. The van der Waals surface area contributed by atoms with E-state index in [0.29, 0.717) is 29.2 Å². The second-order valence-electron chi connectivity index (χ2n) is 4.54. The molecule has 2 heterocycles. The third-order valence-electron chi connectivity index (χ3n) is 2.60. The normalized spacial score (nSPS) is 12.4. The summed E-state index contributed by atoms with van der Waals surface area (Å²) in [6.45, 7) is 4.73. The topological polar surface area (TPSA) is 95.9 Å². The van der Waals surface area contributed by atoms with Crippen molar-refractivity contribution in [2.75, 3.05) is 23.7 Å². The van der Waals surface area contributed by atoms with Crippen molar-refractivity contribution in [2.45, 2.75) is 26.4 Å². The van der Waals surface area contributed by atoms with Gasteiger partial charge in [-0.05, 0) is 36.5 Å². The average Bonchev–Trinajstić information content (AvgIpc) is 2.42. The zero-order valence-electron chi connectivity index (χ0n) is 11.7. The number of hydrogen-bond acceptors (Lipinski definition) is 7. The Bertz CT molecular complexity index is 637. The lowest BCUT2D eigenvalue weighted by Gasteiger charge is -2.12. The summed E-state index contributed by atoms with van der Waals surface area (Å²) in [7, 11) is 0. The predicted octanol–water partition coefficient (Wildman–Crippen LogP) is 2.34. The minimum absolute atomic E-state index is 0.0704. The fraction of sp³-hybridized carbons (Fsp3) is 0.500. The van der Waals surface area contributed by atoms with E-state index in [1.54, 1.807) is 6.92 Å². The first-order chi connectivity index (χ1) is 10.0. The molecule has 1 unspecified atom stereocenters. The van der Waals surface area contributed by atoms with Crippen LogP contribution in [0, 0.1) is 0 Å². The van der Waals surface area contributed by atoms with Crippen molar-refractivity contribution < 1.29 is 5.11 Å². The molecule has 0 radical (unpaired) electrons. The third-order valence-corrected chi connectivity index (χ3v) is 2.93. The van der Waals surface area contributed by atoms with Crippen LogP contribution in [0.2, 0.25) is 10.6 Å². The summed E-state index contributed by atoms with van der Waals surface area (Å²) in [6, 6.07) is 0. The van der Waals surface area contributed by atoms with Crippen molar-refractivity contribution >= 4 is 45.9 Å². The first-order valence-corrected chi connectivity index (χ1v) is 7.33. The number of halogens is 2. The molecule has 0 bridgehead atoms. The monoisotopic (exact) mass is 330 g/mol. The van der Waals surface area contributed by atoms with Crippen molar-refractivity contribution in [1.82, 2.24) is 19.9 Å². The van der Waals surface area contributed by atoms with Crippen LogP contribution in [0.4, 0.5) is 11.6 Å². The van der Waals surface area contributed by atoms with Crippen LogP contribution in [0.15, 0.2) is 0 Å². The van der Waals surface area contributed by atoms with Gasteiger partial charge in [0.15, 0.2) is 11.6 Å². The molecule has 0 aliphatic carbocycles. The molecule has 2 rings (SSSR count). The number of fused-ring (bicyclic) bond motifs is 1. The summed E-state index contributed by atoms with van der Waals surface area (Å²) < 4.78 is 0. The van der Waals surface area contributed by atoms with Crippen molar-refractivity contribution in [3.05, 3.63) is 10.6 Å². The van der Waals surface area contributed by atoms with Crippen molar-refractivity contribution in [3.8, 4) is 0 Å². The molecule has 3 N–H and O–H groups in total. The van der Waals surface area contributed by atoms with Crippen LogP contribution in [0.25, 0.3) is 11.0 Å². The fourth-order valence-electron chi connectivity index (χ4n) is 1.70. The Balaban J connectivity index is 2.51. The number of aromatic nitrogens is 4. The standard InChI is InChI=1S/C12H16Cl2N6O/c1-3-4-15-9-7-8(18-11(13)19-9)10(16-5-6(2)21)20-12(14)17-7/h6,21H,3-5H2,1-2H3,(H,15,18,19)(H,16,17,20). The van der Waals surface area contributed by atoms with Gasteiger partial charge < -0.3 is 15.7 Å². The van der Waals surface area contributed by atoms with Crippen molar-refractivity contribution in [1.29, 1.82) is 0 Å². The molecule has 0 aliphatic heterocycles. The van der Waals surface area contributed by atoms with Gasteiger partial charge in [0.2, 0.25) is 10.6 Å². The molecule has 2 aromatic heterocycles. The van der Waals surface area contributed by atoms with Gasteiger partial charge in [-0.25, -0.2) is 9.97 Å². The second-order valence-corrected chi connectivity index (χ2v) is 5.21. The Labute approximate surface area is 132 Å². The predicted molar refractivity (Wildman–Crippen MR) is 84.1 cm³/mol. The van der Waals surface area contributed by atoms with E-state index < -0.39 is 6.10 Å². The van der Waals surface area contributed by atoms with Gasteiger partial charge in [-0.15, -0.1) is 0 Å². The molecule has 0 fully saturated rings. The van der Waals surface area contributed by atoms with Gasteiger partial charge in [-0.3, -0.25) is 0 Å². The maximum atomic E-state index is 9.37. The molecular weight excluding hydrogens is 315 g/mol. The number of aliphatic hydroxyl groups is 1.